The Morgan fingerprint density at radius 2 is 2.00 bits per heavy atom. The Balaban J connectivity index is 1.82. The van der Waals surface area contributed by atoms with Crippen molar-refractivity contribution in [2.24, 2.45) is 0 Å². The lowest BCUT2D eigenvalue weighted by Crippen LogP contribution is -2.13. The Kier molecular flexibility index (Phi) is 5.47. The number of carbonyl (C=O) groups is 1. The van der Waals surface area contributed by atoms with Gasteiger partial charge >= 0.3 is 5.97 Å². The predicted molar refractivity (Wildman–Crippen MR) is 85.8 cm³/mol. The molecule has 21 heavy (non-hydrogen) atoms. The second kappa shape index (κ2) is 7.33. The lowest BCUT2D eigenvalue weighted by atomic mass is 10.2. The highest BCUT2D eigenvalue weighted by atomic mass is 79.9. The fourth-order valence-corrected chi connectivity index (χ4v) is 2.21. The van der Waals surface area contributed by atoms with E-state index in [1.165, 1.54) is 12.1 Å². The number of rotatable bonds is 5. The number of hydrogen-bond donors (Lipinski definition) is 1. The summed E-state index contributed by atoms with van der Waals surface area (Å²) in [6.45, 7) is 0.392. The van der Waals surface area contributed by atoms with Crippen LogP contribution >= 0.6 is 27.5 Å². The van der Waals surface area contributed by atoms with Crippen LogP contribution in [0.4, 0.5) is 5.69 Å². The van der Waals surface area contributed by atoms with E-state index >= 15 is 0 Å². The second-order valence-corrected chi connectivity index (χ2v) is 5.53. The number of halogens is 2. The monoisotopic (exact) mass is 369 g/mol. The van der Waals surface area contributed by atoms with Gasteiger partial charge in [-0.3, -0.25) is 0 Å². The maximum atomic E-state index is 11.8. The third-order valence-corrected chi connectivity index (χ3v) is 3.34. The second-order valence-electron chi connectivity index (χ2n) is 4.17. The molecule has 0 fully saturated rings. The van der Waals surface area contributed by atoms with Crippen molar-refractivity contribution in [3.05, 3.63) is 57.5 Å². The Morgan fingerprint density at radius 1 is 1.19 bits per heavy atom. The standard InChI is InChI=1S/C15H13BrClNO3/c16-10-2-1-3-12(8-10)20-6-7-21-15(19)13-5-4-11(17)9-14(13)18/h1-5,8-9H,6-7,18H2. The molecule has 0 atom stereocenters. The minimum Gasteiger partial charge on any atom is -0.490 e. The van der Waals surface area contributed by atoms with Gasteiger partial charge in [-0.15, -0.1) is 0 Å². The molecule has 0 saturated carbocycles. The van der Waals surface area contributed by atoms with Crippen molar-refractivity contribution in [3.8, 4) is 5.75 Å². The lowest BCUT2D eigenvalue weighted by molar-refractivity contribution is 0.0451. The van der Waals surface area contributed by atoms with Crippen molar-refractivity contribution in [2.45, 2.75) is 0 Å². The summed E-state index contributed by atoms with van der Waals surface area (Å²) in [6.07, 6.45) is 0. The number of carbonyl (C=O) groups excluding carboxylic acids is 1. The van der Waals surface area contributed by atoms with Crippen molar-refractivity contribution in [2.75, 3.05) is 18.9 Å². The van der Waals surface area contributed by atoms with Gasteiger partial charge in [-0.25, -0.2) is 4.79 Å². The summed E-state index contributed by atoms with van der Waals surface area (Å²) in [7, 11) is 0. The van der Waals surface area contributed by atoms with Gasteiger partial charge in [-0.05, 0) is 36.4 Å². The van der Waals surface area contributed by atoms with Gasteiger partial charge in [0.1, 0.15) is 19.0 Å². The molecule has 0 aliphatic heterocycles. The summed E-state index contributed by atoms with van der Waals surface area (Å²) < 4.78 is 11.5. The first-order chi connectivity index (χ1) is 10.1. The highest BCUT2D eigenvalue weighted by Crippen LogP contribution is 2.19. The average molecular weight is 371 g/mol. The fourth-order valence-electron chi connectivity index (χ4n) is 1.65. The van der Waals surface area contributed by atoms with Gasteiger partial charge in [0.15, 0.2) is 0 Å². The molecular weight excluding hydrogens is 358 g/mol. The van der Waals surface area contributed by atoms with Gasteiger partial charge in [0, 0.05) is 15.2 Å². The molecular formula is C15H13BrClNO3. The molecule has 0 unspecified atom stereocenters. The highest BCUT2D eigenvalue weighted by Gasteiger charge is 2.11. The molecule has 2 rings (SSSR count). The van der Waals surface area contributed by atoms with Crippen LogP contribution in [-0.4, -0.2) is 19.2 Å². The Bertz CT molecular complexity index is 649. The summed E-state index contributed by atoms with van der Waals surface area (Å²) in [5, 5.41) is 0.474. The molecule has 0 amide bonds. The average Bonchev–Trinajstić information content (AvgIpc) is 2.43. The van der Waals surface area contributed by atoms with Crippen molar-refractivity contribution in [1.29, 1.82) is 0 Å². The van der Waals surface area contributed by atoms with Crippen LogP contribution in [0.5, 0.6) is 5.75 Å². The maximum Gasteiger partial charge on any atom is 0.340 e. The number of anilines is 1. The zero-order valence-electron chi connectivity index (χ0n) is 11.0. The molecule has 0 aliphatic rings. The van der Waals surface area contributed by atoms with Crippen molar-refractivity contribution >= 4 is 39.2 Å². The summed E-state index contributed by atoms with van der Waals surface area (Å²) in [6, 6.07) is 12.1. The van der Waals surface area contributed by atoms with E-state index in [-0.39, 0.29) is 13.2 Å². The summed E-state index contributed by atoms with van der Waals surface area (Å²) in [5.41, 5.74) is 6.30. The van der Waals surface area contributed by atoms with Gasteiger partial charge in [0.25, 0.3) is 0 Å². The fraction of sp³-hybridized carbons (Fsp3) is 0.133. The first-order valence-corrected chi connectivity index (χ1v) is 7.34. The molecule has 0 saturated heterocycles. The van der Waals surface area contributed by atoms with Gasteiger partial charge in [0.05, 0.1) is 5.56 Å². The normalized spacial score (nSPS) is 10.2. The van der Waals surface area contributed by atoms with Gasteiger partial charge < -0.3 is 15.2 Å². The minimum atomic E-state index is -0.498. The van der Waals surface area contributed by atoms with Crippen molar-refractivity contribution < 1.29 is 14.3 Å². The number of nitrogen functional groups attached to an aromatic ring is 1. The molecule has 2 aromatic carbocycles. The topological polar surface area (TPSA) is 61.6 Å². The smallest absolute Gasteiger partial charge is 0.340 e. The molecule has 0 aliphatic carbocycles. The Hall–Kier alpha value is -1.72. The lowest BCUT2D eigenvalue weighted by Gasteiger charge is -2.09. The first kappa shape index (κ1) is 15.7. The van der Waals surface area contributed by atoms with E-state index in [4.69, 9.17) is 26.8 Å². The largest absolute Gasteiger partial charge is 0.490 e. The Labute approximate surface area is 135 Å². The van der Waals surface area contributed by atoms with Crippen molar-refractivity contribution in [1.82, 2.24) is 0 Å². The predicted octanol–water partition coefficient (Wildman–Crippen LogP) is 3.92. The molecule has 110 valence electrons. The quantitative estimate of drug-likeness (QED) is 0.492. The number of ether oxygens (including phenoxy) is 2. The van der Waals surface area contributed by atoms with Gasteiger partial charge in [-0.2, -0.15) is 0 Å². The first-order valence-electron chi connectivity index (χ1n) is 6.17. The van der Waals surface area contributed by atoms with E-state index in [0.717, 1.165) is 4.47 Å². The zero-order chi connectivity index (χ0) is 15.2. The van der Waals surface area contributed by atoms with Crippen molar-refractivity contribution in [3.63, 3.8) is 0 Å². The molecule has 0 spiro atoms. The summed E-state index contributed by atoms with van der Waals surface area (Å²) in [5.74, 6) is 0.202. The van der Waals surface area contributed by atoms with E-state index in [1.807, 2.05) is 24.3 Å². The molecule has 6 heteroatoms. The van der Waals surface area contributed by atoms with Crippen LogP contribution in [0, 0.1) is 0 Å². The van der Waals surface area contributed by atoms with Crippen LogP contribution in [0.25, 0.3) is 0 Å². The minimum absolute atomic E-state index is 0.132. The molecule has 2 N–H and O–H groups in total. The summed E-state index contributed by atoms with van der Waals surface area (Å²) >= 11 is 9.12. The molecule has 2 aromatic rings. The molecule has 0 radical (unpaired) electrons. The van der Waals surface area contributed by atoms with Crippen LogP contribution in [0.2, 0.25) is 5.02 Å². The summed E-state index contributed by atoms with van der Waals surface area (Å²) in [4.78, 5) is 11.8. The zero-order valence-corrected chi connectivity index (χ0v) is 13.4. The number of esters is 1. The number of nitrogens with two attached hydrogens (primary N) is 1. The van der Waals surface area contributed by atoms with E-state index in [0.29, 0.717) is 22.0 Å². The van der Waals surface area contributed by atoms with Crippen LogP contribution < -0.4 is 10.5 Å². The van der Waals surface area contributed by atoms with Gasteiger partial charge in [-0.1, -0.05) is 33.6 Å². The SMILES string of the molecule is Nc1cc(Cl)ccc1C(=O)OCCOc1cccc(Br)c1. The van der Waals surface area contributed by atoms with E-state index < -0.39 is 5.97 Å². The van der Waals surface area contributed by atoms with Crippen LogP contribution in [-0.2, 0) is 4.74 Å². The highest BCUT2D eigenvalue weighted by molar-refractivity contribution is 9.10. The number of benzene rings is 2. The van der Waals surface area contributed by atoms with Crippen LogP contribution in [0.15, 0.2) is 46.9 Å². The Morgan fingerprint density at radius 3 is 2.71 bits per heavy atom. The van der Waals surface area contributed by atoms with E-state index in [9.17, 15) is 4.79 Å². The maximum absolute atomic E-state index is 11.8. The van der Waals surface area contributed by atoms with Crippen LogP contribution in [0.3, 0.4) is 0 Å². The molecule has 0 heterocycles. The van der Waals surface area contributed by atoms with E-state index in [2.05, 4.69) is 15.9 Å². The van der Waals surface area contributed by atoms with E-state index in [1.54, 1.807) is 6.07 Å². The molecule has 4 nitrogen and oxygen atoms in total. The van der Waals surface area contributed by atoms with Crippen LogP contribution in [0.1, 0.15) is 10.4 Å². The number of hydrogen-bond acceptors (Lipinski definition) is 4. The molecule has 0 bridgehead atoms. The third kappa shape index (κ3) is 4.65. The molecule has 0 aromatic heterocycles. The van der Waals surface area contributed by atoms with Gasteiger partial charge in [0.2, 0.25) is 0 Å². The third-order valence-electron chi connectivity index (χ3n) is 2.61.